The van der Waals surface area contributed by atoms with E-state index >= 15 is 0 Å². The first-order valence-corrected chi connectivity index (χ1v) is 10.6. The van der Waals surface area contributed by atoms with Gasteiger partial charge in [0.15, 0.2) is 0 Å². The molecule has 0 aromatic heterocycles. The number of ether oxygens (including phenoxy) is 3. The summed E-state index contributed by atoms with van der Waals surface area (Å²) >= 11 is 0. The molecule has 0 aliphatic carbocycles. The van der Waals surface area contributed by atoms with Crippen LogP contribution in [0.2, 0.25) is 0 Å². The van der Waals surface area contributed by atoms with Crippen LogP contribution in [0, 0.1) is 0 Å². The van der Waals surface area contributed by atoms with Crippen molar-refractivity contribution in [1.29, 1.82) is 0 Å². The van der Waals surface area contributed by atoms with Crippen LogP contribution >= 0.6 is 0 Å². The van der Waals surface area contributed by atoms with E-state index in [0.29, 0.717) is 16.9 Å². The molecule has 0 radical (unpaired) electrons. The normalized spacial score (nSPS) is 13.2. The number of aliphatic hydroxyl groups excluding tert-OH is 2. The van der Waals surface area contributed by atoms with E-state index in [9.17, 15) is 10.2 Å². The number of benzene rings is 3. The SMILES string of the molecule is C=C(/C(=C/c1ccc(OC)cc1)C[C@H](O)c1ccc(OC)cc1)[C@@H](O)c1ccc(OC)cc1. The van der Waals surface area contributed by atoms with Gasteiger partial charge < -0.3 is 24.4 Å². The van der Waals surface area contributed by atoms with Crippen LogP contribution in [0.25, 0.3) is 6.08 Å². The molecule has 5 nitrogen and oxygen atoms in total. The fourth-order valence-electron chi connectivity index (χ4n) is 3.50. The van der Waals surface area contributed by atoms with Crippen molar-refractivity contribution in [3.05, 3.63) is 107 Å². The van der Waals surface area contributed by atoms with Gasteiger partial charge in [-0.3, -0.25) is 0 Å². The zero-order valence-electron chi connectivity index (χ0n) is 19.2. The lowest BCUT2D eigenvalue weighted by atomic mass is 9.90. The van der Waals surface area contributed by atoms with Crippen LogP contribution in [0.3, 0.4) is 0 Å². The first-order chi connectivity index (χ1) is 15.9. The molecule has 0 aliphatic rings. The van der Waals surface area contributed by atoms with Gasteiger partial charge in [-0.25, -0.2) is 0 Å². The van der Waals surface area contributed by atoms with E-state index in [4.69, 9.17) is 14.2 Å². The van der Waals surface area contributed by atoms with Crippen LogP contribution in [0.1, 0.15) is 35.3 Å². The maximum atomic E-state index is 11.0. The fourth-order valence-corrected chi connectivity index (χ4v) is 3.50. The molecule has 3 rings (SSSR count). The monoisotopic (exact) mass is 446 g/mol. The number of aliphatic hydroxyl groups is 2. The van der Waals surface area contributed by atoms with Crippen molar-refractivity contribution >= 4 is 6.08 Å². The Balaban J connectivity index is 1.90. The Kier molecular flexibility index (Phi) is 8.30. The number of rotatable bonds is 10. The summed E-state index contributed by atoms with van der Waals surface area (Å²) < 4.78 is 15.6. The molecule has 0 unspecified atom stereocenters. The van der Waals surface area contributed by atoms with E-state index in [1.807, 2.05) is 54.6 Å². The standard InChI is InChI=1S/C28H30O5/c1-19(28(30)22-9-15-26(33-4)16-10-22)23(17-20-5-11-24(31-2)12-6-20)18-27(29)21-7-13-25(32-3)14-8-21/h5-17,27-30H,1,18H2,2-4H3/b23-17+/t27-,28+/m0/s1. The van der Waals surface area contributed by atoms with Crippen molar-refractivity contribution in [2.24, 2.45) is 0 Å². The van der Waals surface area contributed by atoms with Crippen molar-refractivity contribution in [2.45, 2.75) is 18.6 Å². The van der Waals surface area contributed by atoms with Gasteiger partial charge in [0, 0.05) is 6.42 Å². The van der Waals surface area contributed by atoms with Gasteiger partial charge in [-0.15, -0.1) is 0 Å². The van der Waals surface area contributed by atoms with Gasteiger partial charge in [-0.05, 0) is 64.2 Å². The molecule has 33 heavy (non-hydrogen) atoms. The number of hydrogen-bond donors (Lipinski definition) is 2. The van der Waals surface area contributed by atoms with Gasteiger partial charge in [0.1, 0.15) is 23.4 Å². The van der Waals surface area contributed by atoms with E-state index < -0.39 is 12.2 Å². The van der Waals surface area contributed by atoms with Crippen molar-refractivity contribution in [3.8, 4) is 17.2 Å². The Hall–Kier alpha value is -3.54. The highest BCUT2D eigenvalue weighted by molar-refractivity contribution is 5.60. The zero-order chi connectivity index (χ0) is 23.8. The molecular weight excluding hydrogens is 416 g/mol. The van der Waals surface area contributed by atoms with Gasteiger partial charge >= 0.3 is 0 Å². The van der Waals surface area contributed by atoms with E-state index in [-0.39, 0.29) is 6.42 Å². The fraction of sp³-hybridized carbons (Fsp3) is 0.214. The second kappa shape index (κ2) is 11.4. The summed E-state index contributed by atoms with van der Waals surface area (Å²) in [7, 11) is 4.82. The molecule has 2 atom stereocenters. The molecule has 5 heteroatoms. The number of hydrogen-bond acceptors (Lipinski definition) is 5. The predicted octanol–water partition coefficient (Wildman–Crippen LogP) is 5.51. The minimum Gasteiger partial charge on any atom is -0.497 e. The van der Waals surface area contributed by atoms with Crippen LogP contribution in [0.5, 0.6) is 17.2 Å². The van der Waals surface area contributed by atoms with Crippen LogP contribution in [-0.4, -0.2) is 31.5 Å². The highest BCUT2D eigenvalue weighted by atomic mass is 16.5. The average Bonchev–Trinajstić information content (AvgIpc) is 2.87. The number of methoxy groups -OCH3 is 3. The molecule has 0 amide bonds. The molecule has 0 heterocycles. The third-order valence-corrected chi connectivity index (χ3v) is 5.54. The summed E-state index contributed by atoms with van der Waals surface area (Å²) in [6, 6.07) is 22.1. The third kappa shape index (κ3) is 6.25. The molecule has 172 valence electrons. The van der Waals surface area contributed by atoms with Crippen molar-refractivity contribution in [1.82, 2.24) is 0 Å². The van der Waals surface area contributed by atoms with Crippen molar-refractivity contribution < 1.29 is 24.4 Å². The summed E-state index contributed by atoms with van der Waals surface area (Å²) in [5.74, 6) is 2.18. The molecule has 2 N–H and O–H groups in total. The lowest BCUT2D eigenvalue weighted by Crippen LogP contribution is -2.07. The minimum atomic E-state index is -0.927. The summed E-state index contributed by atoms with van der Waals surface area (Å²) in [6.45, 7) is 4.17. The Morgan fingerprint density at radius 1 is 0.727 bits per heavy atom. The largest absolute Gasteiger partial charge is 0.497 e. The molecule has 3 aromatic carbocycles. The van der Waals surface area contributed by atoms with Crippen LogP contribution in [0.15, 0.2) is 90.5 Å². The summed E-state index contributed by atoms with van der Waals surface area (Å²) in [5.41, 5.74) is 3.62. The summed E-state index contributed by atoms with van der Waals surface area (Å²) in [6.07, 6.45) is 0.509. The van der Waals surface area contributed by atoms with Gasteiger partial charge in [-0.1, -0.05) is 49.1 Å². The lowest BCUT2D eigenvalue weighted by molar-refractivity contribution is 0.175. The van der Waals surface area contributed by atoms with E-state index in [0.717, 1.165) is 28.2 Å². The first-order valence-electron chi connectivity index (χ1n) is 10.6. The second-order valence-corrected chi connectivity index (χ2v) is 7.64. The van der Waals surface area contributed by atoms with Crippen LogP contribution < -0.4 is 14.2 Å². The Labute approximate surface area is 195 Å². The van der Waals surface area contributed by atoms with Crippen LogP contribution in [0.4, 0.5) is 0 Å². The van der Waals surface area contributed by atoms with Gasteiger partial charge in [0.25, 0.3) is 0 Å². The summed E-state index contributed by atoms with van der Waals surface area (Å²) in [4.78, 5) is 0. The van der Waals surface area contributed by atoms with Gasteiger partial charge in [0.2, 0.25) is 0 Å². The topological polar surface area (TPSA) is 68.2 Å². The Morgan fingerprint density at radius 2 is 1.15 bits per heavy atom. The van der Waals surface area contributed by atoms with Gasteiger partial charge in [-0.2, -0.15) is 0 Å². The molecule has 0 saturated carbocycles. The van der Waals surface area contributed by atoms with E-state index in [2.05, 4.69) is 6.58 Å². The lowest BCUT2D eigenvalue weighted by Gasteiger charge is -2.21. The average molecular weight is 447 g/mol. The van der Waals surface area contributed by atoms with Crippen molar-refractivity contribution in [3.63, 3.8) is 0 Å². The third-order valence-electron chi connectivity index (χ3n) is 5.54. The molecular formula is C28H30O5. The molecule has 0 aliphatic heterocycles. The Bertz CT molecular complexity index is 1070. The highest BCUT2D eigenvalue weighted by Gasteiger charge is 2.19. The summed E-state index contributed by atoms with van der Waals surface area (Å²) in [5, 5.41) is 22.0. The molecule has 0 fully saturated rings. The maximum absolute atomic E-state index is 11.0. The zero-order valence-corrected chi connectivity index (χ0v) is 19.2. The second-order valence-electron chi connectivity index (χ2n) is 7.64. The van der Waals surface area contributed by atoms with Crippen LogP contribution in [-0.2, 0) is 0 Å². The maximum Gasteiger partial charge on any atom is 0.118 e. The minimum absolute atomic E-state index is 0.282. The molecule has 0 saturated heterocycles. The van der Waals surface area contributed by atoms with Gasteiger partial charge in [0.05, 0.1) is 27.4 Å². The molecule has 3 aromatic rings. The smallest absolute Gasteiger partial charge is 0.118 e. The quantitative estimate of drug-likeness (QED) is 0.402. The predicted molar refractivity (Wildman–Crippen MR) is 131 cm³/mol. The highest BCUT2D eigenvalue weighted by Crippen LogP contribution is 2.34. The van der Waals surface area contributed by atoms with E-state index in [1.54, 1.807) is 45.6 Å². The van der Waals surface area contributed by atoms with Crippen molar-refractivity contribution in [2.75, 3.05) is 21.3 Å². The molecule has 0 bridgehead atoms. The first kappa shape index (κ1) is 24.1. The van der Waals surface area contributed by atoms with E-state index in [1.165, 1.54) is 0 Å². The molecule has 0 spiro atoms. The Morgan fingerprint density at radius 3 is 1.61 bits per heavy atom.